The Kier molecular flexibility index (Phi) is 7.20. The molecule has 2 saturated heterocycles. The molecular formula is C27H39N7O. The van der Waals surface area contributed by atoms with Crippen molar-refractivity contribution in [1.82, 2.24) is 24.7 Å². The average Bonchev–Trinajstić information content (AvgIpc) is 3.51. The molecule has 8 nitrogen and oxygen atoms in total. The summed E-state index contributed by atoms with van der Waals surface area (Å²) in [4.78, 5) is 14.5. The van der Waals surface area contributed by atoms with Crippen LogP contribution in [-0.2, 0) is 6.54 Å². The molecule has 4 heterocycles. The molecule has 1 aromatic heterocycles. The van der Waals surface area contributed by atoms with Crippen LogP contribution in [0, 0.1) is 5.41 Å². The highest BCUT2D eigenvalue weighted by Crippen LogP contribution is 2.36. The van der Waals surface area contributed by atoms with Gasteiger partial charge in [0.2, 0.25) is 0 Å². The Balaban J connectivity index is 1.38. The molecule has 0 saturated carbocycles. The zero-order chi connectivity index (χ0) is 24.4. The zero-order valence-corrected chi connectivity index (χ0v) is 21.3. The maximum Gasteiger partial charge on any atom is 0.155 e. The minimum atomic E-state index is 0.202. The second kappa shape index (κ2) is 10.5. The maximum absolute atomic E-state index is 7.46. The molecule has 8 heteroatoms. The van der Waals surface area contributed by atoms with Crippen molar-refractivity contribution in [2.45, 2.75) is 71.1 Å². The number of benzene rings is 1. The number of hydrogen-bond acceptors (Lipinski definition) is 5. The van der Waals surface area contributed by atoms with E-state index in [1.165, 1.54) is 44.3 Å². The van der Waals surface area contributed by atoms with Crippen LogP contribution >= 0.6 is 0 Å². The Hall–Kier alpha value is -2.71. The van der Waals surface area contributed by atoms with Crippen molar-refractivity contribution in [2.75, 3.05) is 32.8 Å². The smallest absolute Gasteiger partial charge is 0.155 e. The first-order valence-corrected chi connectivity index (χ1v) is 13.2. The monoisotopic (exact) mass is 477 g/mol. The van der Waals surface area contributed by atoms with Crippen LogP contribution in [0.3, 0.4) is 0 Å². The van der Waals surface area contributed by atoms with Gasteiger partial charge in [-0.3, -0.25) is 10.3 Å². The molecule has 1 atom stereocenters. The lowest BCUT2D eigenvalue weighted by molar-refractivity contribution is 0.102. The van der Waals surface area contributed by atoms with E-state index in [0.717, 1.165) is 54.8 Å². The summed E-state index contributed by atoms with van der Waals surface area (Å²) in [6.07, 6.45) is 8.36. The van der Waals surface area contributed by atoms with Crippen LogP contribution in [0.1, 0.15) is 63.8 Å². The van der Waals surface area contributed by atoms with Gasteiger partial charge in [0.15, 0.2) is 5.84 Å². The van der Waals surface area contributed by atoms with Gasteiger partial charge in [-0.2, -0.15) is 0 Å². The van der Waals surface area contributed by atoms with Crippen molar-refractivity contribution < 1.29 is 4.74 Å². The topological polar surface area (TPSA) is 81.8 Å². The Bertz CT molecular complexity index is 1060. The van der Waals surface area contributed by atoms with Crippen molar-refractivity contribution in [3.05, 3.63) is 35.7 Å². The fraction of sp³-hybridized carbons (Fsp3) is 0.593. The number of nitrogens with one attached hydrogen (secondary N) is 2. The van der Waals surface area contributed by atoms with E-state index in [2.05, 4.69) is 63.6 Å². The second-order valence-electron chi connectivity index (χ2n) is 10.3. The molecule has 2 N–H and O–H groups in total. The standard InChI is InChI=1S/C27H39N7O/c1-19(2)30-26(29-18-28)24-17-34-14-15-35-25-7-6-21(16-23(25)27(34)31-24)20(3)32-12-8-22(9-13-32)33-10-4-5-11-33/h6-7,16-20,22H,4-5,8-15H2,1-3H3,(H2,28,29,30)/t20-/m0/s1. The molecule has 0 aliphatic carbocycles. The molecule has 1 aromatic carbocycles. The van der Waals surface area contributed by atoms with Crippen LogP contribution in [0.15, 0.2) is 29.4 Å². The SMILES string of the molecule is CC(C)N/C(=N\C=N)c1cn2c(n1)-c1cc([C@H](C)N3CCC(N4CCCC4)CC3)ccc1OCC2. The molecule has 0 unspecified atom stereocenters. The highest BCUT2D eigenvalue weighted by atomic mass is 16.5. The number of aliphatic imine (C=N–C) groups is 1. The van der Waals surface area contributed by atoms with Gasteiger partial charge in [0.1, 0.15) is 30.2 Å². The number of piperidine rings is 1. The van der Waals surface area contributed by atoms with Gasteiger partial charge >= 0.3 is 0 Å². The fourth-order valence-corrected chi connectivity index (χ4v) is 5.75. The summed E-state index contributed by atoms with van der Waals surface area (Å²) >= 11 is 0. The number of hydrogen-bond donors (Lipinski definition) is 2. The Morgan fingerprint density at radius 2 is 1.91 bits per heavy atom. The summed E-state index contributed by atoms with van der Waals surface area (Å²) in [5, 5.41) is 10.8. The summed E-state index contributed by atoms with van der Waals surface area (Å²) < 4.78 is 8.24. The Morgan fingerprint density at radius 3 is 2.63 bits per heavy atom. The Labute approximate surface area is 208 Å². The van der Waals surface area contributed by atoms with Gasteiger partial charge in [-0.25, -0.2) is 9.98 Å². The summed E-state index contributed by atoms with van der Waals surface area (Å²) in [6, 6.07) is 7.92. The fourth-order valence-electron chi connectivity index (χ4n) is 5.75. The van der Waals surface area contributed by atoms with Crippen LogP contribution in [0.25, 0.3) is 11.4 Å². The molecule has 35 heavy (non-hydrogen) atoms. The number of amidine groups is 1. The predicted octanol–water partition coefficient (Wildman–Crippen LogP) is 3.92. The lowest BCUT2D eigenvalue weighted by Crippen LogP contribution is -2.44. The summed E-state index contributed by atoms with van der Waals surface area (Å²) in [6.45, 7) is 12.7. The largest absolute Gasteiger partial charge is 0.491 e. The number of aromatic nitrogens is 2. The minimum absolute atomic E-state index is 0.202. The molecule has 2 aromatic rings. The van der Waals surface area contributed by atoms with E-state index in [-0.39, 0.29) is 6.04 Å². The summed E-state index contributed by atoms with van der Waals surface area (Å²) in [5.41, 5.74) is 3.09. The average molecular weight is 478 g/mol. The van der Waals surface area contributed by atoms with E-state index in [0.29, 0.717) is 18.5 Å². The molecular weight excluding hydrogens is 438 g/mol. The Morgan fingerprint density at radius 1 is 1.14 bits per heavy atom. The van der Waals surface area contributed by atoms with Crippen molar-refractivity contribution in [2.24, 2.45) is 4.99 Å². The van der Waals surface area contributed by atoms with Gasteiger partial charge in [0.25, 0.3) is 0 Å². The van der Waals surface area contributed by atoms with Gasteiger partial charge in [0, 0.05) is 37.4 Å². The lowest BCUT2D eigenvalue weighted by Gasteiger charge is -2.39. The van der Waals surface area contributed by atoms with Crippen molar-refractivity contribution in [3.8, 4) is 17.1 Å². The van der Waals surface area contributed by atoms with E-state index in [9.17, 15) is 0 Å². The molecule has 0 amide bonds. The number of ether oxygens (including phenoxy) is 1. The highest BCUT2D eigenvalue weighted by molar-refractivity contribution is 6.01. The van der Waals surface area contributed by atoms with Crippen molar-refractivity contribution in [1.29, 1.82) is 5.41 Å². The lowest BCUT2D eigenvalue weighted by atomic mass is 9.98. The van der Waals surface area contributed by atoms with E-state index in [4.69, 9.17) is 15.1 Å². The number of imidazole rings is 1. The van der Waals surface area contributed by atoms with Gasteiger partial charge in [-0.1, -0.05) is 6.07 Å². The predicted molar refractivity (Wildman–Crippen MR) is 141 cm³/mol. The molecule has 0 spiro atoms. The molecule has 0 radical (unpaired) electrons. The van der Waals surface area contributed by atoms with Crippen molar-refractivity contribution in [3.63, 3.8) is 0 Å². The van der Waals surface area contributed by atoms with Gasteiger partial charge < -0.3 is 19.5 Å². The first-order chi connectivity index (χ1) is 17.0. The third kappa shape index (κ3) is 5.14. The number of likely N-dealkylation sites (tertiary alicyclic amines) is 2. The first-order valence-electron chi connectivity index (χ1n) is 13.2. The van der Waals surface area contributed by atoms with E-state index >= 15 is 0 Å². The second-order valence-corrected chi connectivity index (χ2v) is 10.3. The minimum Gasteiger partial charge on any atom is -0.491 e. The van der Waals surface area contributed by atoms with Gasteiger partial charge in [0.05, 0.1) is 12.1 Å². The number of rotatable bonds is 6. The van der Waals surface area contributed by atoms with Gasteiger partial charge in [-0.15, -0.1) is 0 Å². The van der Waals surface area contributed by atoms with Gasteiger partial charge in [-0.05, 0) is 77.2 Å². The summed E-state index contributed by atoms with van der Waals surface area (Å²) in [5.74, 6) is 2.41. The van der Waals surface area contributed by atoms with Crippen LogP contribution < -0.4 is 10.1 Å². The number of fused-ring (bicyclic) bond motifs is 3. The zero-order valence-electron chi connectivity index (χ0n) is 21.3. The third-order valence-corrected chi connectivity index (χ3v) is 7.66. The van der Waals surface area contributed by atoms with Crippen molar-refractivity contribution >= 4 is 12.2 Å². The van der Waals surface area contributed by atoms with E-state index in [1.54, 1.807) is 0 Å². The maximum atomic E-state index is 7.46. The first kappa shape index (κ1) is 24.0. The molecule has 5 rings (SSSR count). The van der Waals surface area contributed by atoms with Crippen LogP contribution in [0.5, 0.6) is 5.75 Å². The molecule has 0 bridgehead atoms. The highest BCUT2D eigenvalue weighted by Gasteiger charge is 2.29. The molecule has 3 aliphatic heterocycles. The third-order valence-electron chi connectivity index (χ3n) is 7.66. The number of nitrogens with zero attached hydrogens (tertiary/aromatic N) is 5. The quantitative estimate of drug-likeness (QED) is 0.487. The van der Waals surface area contributed by atoms with Crippen LogP contribution in [-0.4, -0.2) is 76.4 Å². The normalized spacial score (nSPS) is 20.7. The molecule has 2 fully saturated rings. The van der Waals surface area contributed by atoms with Crippen LogP contribution in [0.4, 0.5) is 0 Å². The van der Waals surface area contributed by atoms with E-state index < -0.39 is 0 Å². The summed E-state index contributed by atoms with van der Waals surface area (Å²) in [7, 11) is 0. The van der Waals surface area contributed by atoms with Crippen LogP contribution in [0.2, 0.25) is 0 Å². The van der Waals surface area contributed by atoms with E-state index in [1.807, 2.05) is 6.20 Å². The molecule has 3 aliphatic rings. The molecule has 188 valence electrons.